The van der Waals surface area contributed by atoms with E-state index < -0.39 is 12.6 Å². The average molecular weight is 300 g/mol. The Morgan fingerprint density at radius 2 is 1.90 bits per heavy atom. The minimum atomic E-state index is -4.10. The summed E-state index contributed by atoms with van der Waals surface area (Å²) < 4.78 is 37.7. The molecule has 21 heavy (non-hydrogen) atoms. The maximum atomic E-state index is 12.6. The monoisotopic (exact) mass is 300 g/mol. The first-order valence-electron chi connectivity index (χ1n) is 7.46. The van der Waals surface area contributed by atoms with Crippen molar-refractivity contribution in [2.75, 3.05) is 19.6 Å². The van der Waals surface area contributed by atoms with Crippen molar-refractivity contribution in [1.82, 2.24) is 10.2 Å². The third-order valence-electron chi connectivity index (χ3n) is 4.12. The molecule has 0 aliphatic carbocycles. The van der Waals surface area contributed by atoms with Crippen LogP contribution >= 0.6 is 0 Å². The Bertz CT molecular complexity index is 431. The van der Waals surface area contributed by atoms with E-state index in [1.165, 1.54) is 0 Å². The van der Waals surface area contributed by atoms with Crippen molar-refractivity contribution in [3.8, 4) is 0 Å². The second kappa shape index (κ2) is 6.79. The van der Waals surface area contributed by atoms with Gasteiger partial charge in [0.2, 0.25) is 0 Å². The van der Waals surface area contributed by atoms with Gasteiger partial charge in [0.25, 0.3) is 0 Å². The molecular weight excluding hydrogens is 277 g/mol. The highest BCUT2D eigenvalue weighted by Crippen LogP contribution is 2.28. The van der Waals surface area contributed by atoms with Crippen LogP contribution in [0.2, 0.25) is 0 Å². The summed E-state index contributed by atoms with van der Waals surface area (Å²) in [6.45, 7) is 5.62. The van der Waals surface area contributed by atoms with Crippen molar-refractivity contribution in [3.63, 3.8) is 0 Å². The van der Waals surface area contributed by atoms with Crippen molar-refractivity contribution in [2.45, 2.75) is 38.5 Å². The topological polar surface area (TPSA) is 15.3 Å². The van der Waals surface area contributed by atoms with E-state index in [2.05, 4.69) is 19.2 Å². The molecule has 0 saturated carbocycles. The number of benzene rings is 1. The van der Waals surface area contributed by atoms with Gasteiger partial charge in [-0.25, -0.2) is 0 Å². The Morgan fingerprint density at radius 3 is 2.48 bits per heavy atom. The lowest BCUT2D eigenvalue weighted by Gasteiger charge is -2.42. The zero-order valence-corrected chi connectivity index (χ0v) is 12.5. The number of hydrogen-bond acceptors (Lipinski definition) is 2. The molecule has 1 aromatic carbocycles. The van der Waals surface area contributed by atoms with Gasteiger partial charge in [0.1, 0.15) is 0 Å². The standard InChI is InChI=1S/C16H23F3N2/c1-12(2)14-11-21(9-8-16(17,18)19)15(10-20-14)13-6-4-3-5-7-13/h3-7,12,14-15,20H,8-11H2,1-2H3. The highest BCUT2D eigenvalue weighted by Gasteiger charge is 2.34. The molecule has 2 nitrogen and oxygen atoms in total. The molecule has 1 saturated heterocycles. The van der Waals surface area contributed by atoms with E-state index in [4.69, 9.17) is 0 Å². The second-order valence-corrected chi connectivity index (χ2v) is 6.05. The van der Waals surface area contributed by atoms with Crippen LogP contribution in [-0.4, -0.2) is 36.8 Å². The summed E-state index contributed by atoms with van der Waals surface area (Å²) in [5, 5.41) is 3.47. The van der Waals surface area contributed by atoms with Crippen LogP contribution < -0.4 is 5.32 Å². The summed E-state index contributed by atoms with van der Waals surface area (Å²) in [5.74, 6) is 0.412. The Morgan fingerprint density at radius 1 is 1.24 bits per heavy atom. The number of nitrogens with zero attached hydrogens (tertiary/aromatic N) is 1. The molecule has 1 aromatic rings. The molecule has 118 valence electrons. The summed E-state index contributed by atoms with van der Waals surface area (Å²) >= 11 is 0. The van der Waals surface area contributed by atoms with Gasteiger partial charge in [-0.3, -0.25) is 4.90 Å². The van der Waals surface area contributed by atoms with Gasteiger partial charge < -0.3 is 5.32 Å². The average Bonchev–Trinajstić information content (AvgIpc) is 2.45. The van der Waals surface area contributed by atoms with E-state index in [0.29, 0.717) is 19.0 Å². The van der Waals surface area contributed by atoms with E-state index in [9.17, 15) is 13.2 Å². The van der Waals surface area contributed by atoms with Gasteiger partial charge in [0.05, 0.1) is 6.42 Å². The summed E-state index contributed by atoms with van der Waals surface area (Å²) in [7, 11) is 0. The van der Waals surface area contributed by atoms with Gasteiger partial charge in [0.15, 0.2) is 0 Å². The number of alkyl halides is 3. The van der Waals surface area contributed by atoms with Crippen molar-refractivity contribution < 1.29 is 13.2 Å². The van der Waals surface area contributed by atoms with Crippen LogP contribution in [0.1, 0.15) is 31.9 Å². The molecule has 1 heterocycles. The van der Waals surface area contributed by atoms with Crippen molar-refractivity contribution in [2.24, 2.45) is 5.92 Å². The van der Waals surface area contributed by atoms with E-state index in [0.717, 1.165) is 5.56 Å². The van der Waals surface area contributed by atoms with Gasteiger partial charge in [0, 0.05) is 31.7 Å². The Hall–Kier alpha value is -1.07. The van der Waals surface area contributed by atoms with Crippen molar-refractivity contribution in [3.05, 3.63) is 35.9 Å². The van der Waals surface area contributed by atoms with Gasteiger partial charge in [-0.2, -0.15) is 13.2 Å². The lowest BCUT2D eigenvalue weighted by molar-refractivity contribution is -0.140. The first-order chi connectivity index (χ1) is 9.87. The lowest BCUT2D eigenvalue weighted by atomic mass is 9.96. The normalized spacial score (nSPS) is 24.5. The van der Waals surface area contributed by atoms with Gasteiger partial charge >= 0.3 is 6.18 Å². The third-order valence-corrected chi connectivity index (χ3v) is 4.12. The molecule has 2 rings (SSSR count). The predicted molar refractivity (Wildman–Crippen MR) is 78.1 cm³/mol. The highest BCUT2D eigenvalue weighted by molar-refractivity contribution is 5.20. The molecule has 1 fully saturated rings. The molecule has 1 aliphatic heterocycles. The first-order valence-corrected chi connectivity index (χ1v) is 7.46. The minimum Gasteiger partial charge on any atom is -0.311 e. The molecule has 0 aromatic heterocycles. The number of piperazine rings is 1. The number of nitrogens with one attached hydrogen (secondary N) is 1. The van der Waals surface area contributed by atoms with Gasteiger partial charge in [-0.15, -0.1) is 0 Å². The minimum absolute atomic E-state index is 0.0172. The Kier molecular flexibility index (Phi) is 5.27. The smallest absolute Gasteiger partial charge is 0.311 e. The van der Waals surface area contributed by atoms with E-state index in [1.807, 2.05) is 35.2 Å². The van der Waals surface area contributed by atoms with Crippen LogP contribution in [-0.2, 0) is 0 Å². The maximum Gasteiger partial charge on any atom is 0.390 e. The second-order valence-electron chi connectivity index (χ2n) is 6.05. The van der Waals surface area contributed by atoms with Gasteiger partial charge in [-0.05, 0) is 11.5 Å². The van der Waals surface area contributed by atoms with Crippen LogP contribution in [0.4, 0.5) is 13.2 Å². The maximum absolute atomic E-state index is 12.6. The molecule has 0 radical (unpaired) electrons. The summed E-state index contributed by atoms with van der Waals surface area (Å²) in [4.78, 5) is 1.98. The summed E-state index contributed by atoms with van der Waals surface area (Å²) in [6.07, 6.45) is -4.85. The fourth-order valence-electron chi connectivity index (χ4n) is 2.80. The quantitative estimate of drug-likeness (QED) is 0.914. The molecule has 0 bridgehead atoms. The van der Waals surface area contributed by atoms with Crippen molar-refractivity contribution >= 4 is 0 Å². The van der Waals surface area contributed by atoms with Crippen molar-refractivity contribution in [1.29, 1.82) is 0 Å². The third kappa shape index (κ3) is 4.71. The fourth-order valence-corrected chi connectivity index (χ4v) is 2.80. The van der Waals surface area contributed by atoms with Crippen LogP contribution in [0.25, 0.3) is 0 Å². The predicted octanol–water partition coefficient (Wildman–Crippen LogP) is 3.61. The van der Waals surface area contributed by atoms with E-state index in [-0.39, 0.29) is 18.6 Å². The molecular formula is C16H23F3N2. The number of hydrogen-bond donors (Lipinski definition) is 1. The zero-order valence-electron chi connectivity index (χ0n) is 12.5. The zero-order chi connectivity index (χ0) is 15.5. The molecule has 2 atom stereocenters. The summed E-state index contributed by atoms with van der Waals surface area (Å²) in [6, 6.07) is 10.0. The van der Waals surface area contributed by atoms with Crippen LogP contribution in [0.3, 0.4) is 0 Å². The lowest BCUT2D eigenvalue weighted by Crippen LogP contribution is -2.54. The Labute approximate surface area is 124 Å². The number of halogens is 3. The molecule has 1 aliphatic rings. The van der Waals surface area contributed by atoms with Crippen LogP contribution in [0.15, 0.2) is 30.3 Å². The van der Waals surface area contributed by atoms with Gasteiger partial charge in [-0.1, -0.05) is 44.2 Å². The largest absolute Gasteiger partial charge is 0.390 e. The van der Waals surface area contributed by atoms with E-state index >= 15 is 0 Å². The molecule has 0 amide bonds. The highest BCUT2D eigenvalue weighted by atomic mass is 19.4. The van der Waals surface area contributed by atoms with Crippen LogP contribution in [0.5, 0.6) is 0 Å². The molecule has 2 unspecified atom stereocenters. The first kappa shape index (κ1) is 16.3. The summed E-state index contributed by atoms with van der Waals surface area (Å²) in [5.41, 5.74) is 1.08. The molecule has 0 spiro atoms. The number of rotatable bonds is 4. The SMILES string of the molecule is CC(C)C1CN(CCC(F)(F)F)C(c2ccccc2)CN1. The Balaban J connectivity index is 2.10. The molecule has 5 heteroatoms. The van der Waals surface area contributed by atoms with E-state index in [1.54, 1.807) is 0 Å². The molecule has 1 N–H and O–H groups in total. The van der Waals surface area contributed by atoms with Crippen LogP contribution in [0, 0.1) is 5.92 Å². The fraction of sp³-hybridized carbons (Fsp3) is 0.625.